The first kappa shape index (κ1) is 52.8. The summed E-state index contributed by atoms with van der Waals surface area (Å²) in [6.45, 7) is 3.94. The van der Waals surface area contributed by atoms with Crippen LogP contribution in [0.2, 0.25) is 0 Å². The monoisotopic (exact) mass is 911 g/mol. The average Bonchev–Trinajstić information content (AvgIpc) is 4.14. The fraction of sp³-hybridized carbons (Fsp3) is 0.0769. The smallest absolute Gasteiger partial charge is 0.136 e. The molecule has 2 nitrogen and oxygen atoms in total. The van der Waals surface area contributed by atoms with Crippen LogP contribution in [0.3, 0.4) is 0 Å². The van der Waals surface area contributed by atoms with Gasteiger partial charge in [-0.25, -0.2) is 0 Å². The number of fused-ring (bicyclic) bond motifs is 9. The molecule has 24 heteroatoms. The Balaban J connectivity index is 1.43. The second kappa shape index (κ2) is 17.6. The standard InChI is InChI=1S/C52H15B22NO/c1-51(2)17-10-23(59)36(62)38(64)28(17)15-9-24(60)49(43(69)31(15)51)75(25-5-13(53)6-27-29(25)14-7-18(54)19(55)11-26(14)76-27)50-30-16-8-22(58)37(63)39(65)32(16)52(33(30)40(66)46(72)48(50)74,12-3-20(56)35(61)21(57)4-12)34-41(67)44(70)47(73)45(71)42(34)68/h3-11H,1-2H3. The molecule has 76 heavy (non-hydrogen) atoms. The SMILES string of the molecule is [B]c1cc(N(c2c([B])cc3c(c2[B])C(C)(C)c2cc([B])c([B])c([B])c2-3)c2c([B])c([B])c([B])c3c2-c2cc([B])c([B])c([B])c2C3(c2cc([B])c([B])c([B])c2)c2c([B])c([B])c([B])c([B])c2[B])c2c(c1)oc1cc([B])c([B])cc12. The molecule has 1 heterocycles. The summed E-state index contributed by atoms with van der Waals surface area (Å²) in [7, 11) is 153. The van der Waals surface area contributed by atoms with Crippen molar-refractivity contribution in [2.45, 2.75) is 24.7 Å². The minimum atomic E-state index is -2.02. The Bertz CT molecular complexity index is 4150. The zero-order valence-corrected chi connectivity index (χ0v) is 41.3. The van der Waals surface area contributed by atoms with Crippen molar-refractivity contribution in [3.05, 3.63) is 88.0 Å². The summed E-state index contributed by atoms with van der Waals surface area (Å²) in [6.07, 6.45) is 0. The first-order valence-electron chi connectivity index (χ1n) is 23.4. The predicted octanol–water partition coefficient (Wildman–Crippen LogP) is -12.8. The van der Waals surface area contributed by atoms with E-state index in [1.807, 2.05) is 13.8 Å². The maximum atomic E-state index is 7.72. The van der Waals surface area contributed by atoms with Gasteiger partial charge in [-0.1, -0.05) is 93.9 Å². The Morgan fingerprint density at radius 1 is 0.355 bits per heavy atom. The summed E-state index contributed by atoms with van der Waals surface area (Å²) in [6, 6.07) is 14.8. The van der Waals surface area contributed by atoms with Crippen molar-refractivity contribution in [1.29, 1.82) is 0 Å². The minimum Gasteiger partial charge on any atom is -0.456 e. The van der Waals surface area contributed by atoms with Crippen molar-refractivity contribution in [2.24, 2.45) is 0 Å². The molecule has 0 spiro atoms. The van der Waals surface area contributed by atoms with Gasteiger partial charge >= 0.3 is 0 Å². The fourth-order valence-electron chi connectivity index (χ4n) is 12.0. The fourth-order valence-corrected chi connectivity index (χ4v) is 12.0. The van der Waals surface area contributed by atoms with Gasteiger partial charge in [0, 0.05) is 27.7 Å². The first-order chi connectivity index (χ1) is 35.6. The maximum Gasteiger partial charge on any atom is 0.136 e. The van der Waals surface area contributed by atoms with Crippen LogP contribution in [0.4, 0.5) is 17.1 Å². The van der Waals surface area contributed by atoms with Crippen molar-refractivity contribution >= 4 is 332 Å². The normalized spacial score (nSPS) is 15.0. The molecule has 0 saturated carbocycles. The van der Waals surface area contributed by atoms with Gasteiger partial charge in [0.05, 0.1) is 16.5 Å². The van der Waals surface area contributed by atoms with Crippen molar-refractivity contribution in [2.75, 3.05) is 4.90 Å². The zero-order valence-electron chi connectivity index (χ0n) is 41.3. The number of furan rings is 1. The molecule has 300 valence electrons. The molecule has 9 aromatic rings. The molecule has 0 amide bonds. The van der Waals surface area contributed by atoms with Crippen LogP contribution in [0.15, 0.2) is 59.0 Å². The third-order valence-corrected chi connectivity index (χ3v) is 15.6. The van der Waals surface area contributed by atoms with E-state index in [4.69, 9.17) is 177 Å². The summed E-state index contributed by atoms with van der Waals surface area (Å²) in [5.41, 5.74) is 2.45. The maximum absolute atomic E-state index is 7.72. The molecule has 1 aromatic heterocycles. The van der Waals surface area contributed by atoms with Crippen LogP contribution in [0.5, 0.6) is 0 Å². The Hall–Kier alpha value is -5.21. The van der Waals surface area contributed by atoms with Crippen molar-refractivity contribution < 1.29 is 4.42 Å². The average molecular weight is 908 g/mol. The molecule has 1 unspecified atom stereocenters. The summed E-state index contributed by atoms with van der Waals surface area (Å²) < 4.78 is 6.52. The lowest BCUT2D eigenvalue weighted by Gasteiger charge is -2.43. The van der Waals surface area contributed by atoms with Crippen molar-refractivity contribution in [1.82, 2.24) is 0 Å². The molecule has 1 atom stereocenters. The molecule has 0 bridgehead atoms. The Morgan fingerprint density at radius 3 is 1.49 bits per heavy atom. The molecular weight excluding hydrogens is 892 g/mol. The molecule has 0 aliphatic heterocycles. The van der Waals surface area contributed by atoms with Gasteiger partial charge < -0.3 is 9.32 Å². The zero-order chi connectivity index (χ0) is 55.2. The van der Waals surface area contributed by atoms with Gasteiger partial charge in [-0.15, -0.1) is 76.5 Å². The quantitative estimate of drug-likeness (QED) is 0.160. The number of benzene rings is 8. The lowest BCUT2D eigenvalue weighted by atomic mass is 9.50. The Kier molecular flexibility index (Phi) is 12.3. The molecule has 0 saturated heterocycles. The summed E-state index contributed by atoms with van der Waals surface area (Å²) in [5, 5.41) is 0.945. The lowest BCUT2D eigenvalue weighted by Crippen LogP contribution is -2.61. The largest absolute Gasteiger partial charge is 0.456 e. The van der Waals surface area contributed by atoms with Gasteiger partial charge in [0.1, 0.15) is 184 Å². The van der Waals surface area contributed by atoms with E-state index in [-0.39, 0.29) is 171 Å². The number of hydrogen-bond acceptors (Lipinski definition) is 2. The lowest BCUT2D eigenvalue weighted by molar-refractivity contribution is 0.665. The molecule has 11 rings (SSSR count). The summed E-state index contributed by atoms with van der Waals surface area (Å²) in [4.78, 5) is 1.72. The van der Waals surface area contributed by atoms with E-state index < -0.39 is 10.8 Å². The van der Waals surface area contributed by atoms with Gasteiger partial charge in [-0.05, 0) is 68.3 Å². The summed E-state index contributed by atoms with van der Waals surface area (Å²) in [5.74, 6) is 0. The minimum absolute atomic E-state index is 0.0250. The predicted molar refractivity (Wildman–Crippen MR) is 342 cm³/mol. The Morgan fingerprint density at radius 2 is 0.855 bits per heavy atom. The molecule has 0 N–H and O–H groups in total. The van der Waals surface area contributed by atoms with Gasteiger partial charge in [0.25, 0.3) is 0 Å². The highest BCUT2D eigenvalue weighted by Crippen LogP contribution is 2.57. The number of anilines is 3. The van der Waals surface area contributed by atoms with Gasteiger partial charge in [-0.2, -0.15) is 0 Å². The van der Waals surface area contributed by atoms with E-state index in [2.05, 4.69) is 0 Å². The molecule has 0 fully saturated rings. The highest BCUT2D eigenvalue weighted by Gasteiger charge is 2.52. The van der Waals surface area contributed by atoms with Gasteiger partial charge in [0.2, 0.25) is 0 Å². The second-order valence-electron chi connectivity index (χ2n) is 20.1. The van der Waals surface area contributed by atoms with Crippen LogP contribution < -0.4 is 125 Å². The topological polar surface area (TPSA) is 16.4 Å². The van der Waals surface area contributed by atoms with Crippen LogP contribution in [-0.4, -0.2) is 173 Å². The van der Waals surface area contributed by atoms with Crippen LogP contribution >= 0.6 is 0 Å². The van der Waals surface area contributed by atoms with E-state index in [1.54, 1.807) is 59.5 Å². The van der Waals surface area contributed by atoms with Crippen molar-refractivity contribution in [3.63, 3.8) is 0 Å². The number of nitrogens with zero attached hydrogens (tertiary/aromatic N) is 1. The highest BCUT2D eigenvalue weighted by atomic mass is 16.3. The van der Waals surface area contributed by atoms with Crippen LogP contribution in [0.25, 0.3) is 44.2 Å². The molecule has 8 aromatic carbocycles. The number of rotatable bonds is 5. The first-order valence-corrected chi connectivity index (χ1v) is 23.4. The van der Waals surface area contributed by atoms with Crippen LogP contribution in [0, 0.1) is 0 Å². The Labute approximate surface area is 472 Å². The molecule has 2 aliphatic rings. The van der Waals surface area contributed by atoms with Gasteiger partial charge in [0.15, 0.2) is 0 Å². The van der Waals surface area contributed by atoms with E-state index in [0.29, 0.717) is 38.6 Å². The van der Waals surface area contributed by atoms with Gasteiger partial charge in [-0.3, -0.25) is 0 Å². The van der Waals surface area contributed by atoms with E-state index in [0.717, 1.165) is 5.56 Å². The molecule has 2 aliphatic carbocycles. The van der Waals surface area contributed by atoms with Crippen LogP contribution in [0.1, 0.15) is 47.2 Å². The van der Waals surface area contributed by atoms with E-state index in [1.165, 1.54) is 0 Å². The van der Waals surface area contributed by atoms with E-state index in [9.17, 15) is 0 Å². The second-order valence-corrected chi connectivity index (χ2v) is 20.1. The highest BCUT2D eigenvalue weighted by molar-refractivity contribution is 6.69. The summed E-state index contributed by atoms with van der Waals surface area (Å²) >= 11 is 0. The van der Waals surface area contributed by atoms with Crippen LogP contribution in [-0.2, 0) is 10.8 Å². The molecular formula is C52H15B22NO. The van der Waals surface area contributed by atoms with Crippen molar-refractivity contribution in [3.8, 4) is 22.3 Å². The third kappa shape index (κ3) is 6.85. The van der Waals surface area contributed by atoms with E-state index >= 15 is 0 Å². The number of hydrogen-bond donors (Lipinski definition) is 0. The molecule has 44 radical (unpaired) electrons. The third-order valence-electron chi connectivity index (χ3n) is 15.6.